The molecule has 3 rings (SSSR count). The summed E-state index contributed by atoms with van der Waals surface area (Å²) in [5.41, 5.74) is 0.439. The Balaban J connectivity index is 1.88. The summed E-state index contributed by atoms with van der Waals surface area (Å²) in [6.45, 7) is 3.09. The quantitative estimate of drug-likeness (QED) is 0.816. The first kappa shape index (κ1) is 14.2. The molecule has 2 heterocycles. The minimum absolute atomic E-state index is 0.226. The van der Waals surface area contributed by atoms with Crippen LogP contribution in [0.4, 0.5) is 13.2 Å². The number of aryl methyl sites for hydroxylation is 1. The summed E-state index contributed by atoms with van der Waals surface area (Å²) in [6.07, 6.45) is -0.190. The summed E-state index contributed by atoms with van der Waals surface area (Å²) >= 11 is 0. The molecule has 2 nitrogen and oxygen atoms in total. The maximum Gasteiger partial charge on any atom is 0.416 e. The molecule has 0 N–H and O–H groups in total. The van der Waals surface area contributed by atoms with Gasteiger partial charge < -0.3 is 4.57 Å². The van der Waals surface area contributed by atoms with Gasteiger partial charge in [-0.25, -0.2) is 4.98 Å². The standard InChI is InChI=1S/C16H17F3N2/c1-11-6-7-15-20-13(10-21(15)9-11)8-12-4-2-3-5-14(12)16(17,18)19/h2-5,10-11H,6-9H2,1H3. The molecule has 1 aromatic heterocycles. The molecule has 1 aliphatic rings. The van der Waals surface area contributed by atoms with Gasteiger partial charge in [0.1, 0.15) is 5.82 Å². The van der Waals surface area contributed by atoms with E-state index in [4.69, 9.17) is 0 Å². The van der Waals surface area contributed by atoms with Crippen molar-refractivity contribution in [3.05, 3.63) is 53.1 Å². The van der Waals surface area contributed by atoms with Gasteiger partial charge >= 0.3 is 6.18 Å². The molecule has 5 heteroatoms. The van der Waals surface area contributed by atoms with Gasteiger partial charge in [0.15, 0.2) is 0 Å². The molecule has 21 heavy (non-hydrogen) atoms. The van der Waals surface area contributed by atoms with Crippen LogP contribution >= 0.6 is 0 Å². The molecule has 0 saturated heterocycles. The van der Waals surface area contributed by atoms with Crippen LogP contribution in [0, 0.1) is 5.92 Å². The number of halogens is 3. The largest absolute Gasteiger partial charge is 0.416 e. The lowest BCUT2D eigenvalue weighted by atomic mass is 10.0. The molecule has 2 aromatic rings. The Morgan fingerprint density at radius 3 is 2.81 bits per heavy atom. The van der Waals surface area contributed by atoms with E-state index in [0.717, 1.165) is 37.0 Å². The Morgan fingerprint density at radius 1 is 1.29 bits per heavy atom. The van der Waals surface area contributed by atoms with Crippen LogP contribution in [0.25, 0.3) is 0 Å². The zero-order valence-corrected chi connectivity index (χ0v) is 11.8. The van der Waals surface area contributed by atoms with E-state index in [2.05, 4.69) is 16.5 Å². The van der Waals surface area contributed by atoms with Gasteiger partial charge in [0.2, 0.25) is 0 Å². The smallest absolute Gasteiger partial charge is 0.334 e. The zero-order chi connectivity index (χ0) is 15.0. The number of rotatable bonds is 2. The normalized spacial score (nSPS) is 18.6. The lowest BCUT2D eigenvalue weighted by Crippen LogP contribution is -2.17. The second-order valence-corrected chi connectivity index (χ2v) is 5.78. The Morgan fingerprint density at radius 2 is 2.05 bits per heavy atom. The summed E-state index contributed by atoms with van der Waals surface area (Å²) in [5.74, 6) is 1.59. The van der Waals surface area contributed by atoms with Crippen LogP contribution in [0.5, 0.6) is 0 Å². The lowest BCUT2D eigenvalue weighted by molar-refractivity contribution is -0.138. The van der Waals surface area contributed by atoms with Gasteiger partial charge in [0.25, 0.3) is 0 Å². The van der Waals surface area contributed by atoms with E-state index >= 15 is 0 Å². The lowest BCUT2D eigenvalue weighted by Gasteiger charge is -2.19. The van der Waals surface area contributed by atoms with Crippen molar-refractivity contribution in [2.75, 3.05) is 0 Å². The van der Waals surface area contributed by atoms with Gasteiger partial charge in [0, 0.05) is 25.6 Å². The second-order valence-electron chi connectivity index (χ2n) is 5.78. The number of aromatic nitrogens is 2. The molecule has 1 unspecified atom stereocenters. The van der Waals surface area contributed by atoms with E-state index in [-0.39, 0.29) is 12.0 Å². The molecule has 0 fully saturated rings. The van der Waals surface area contributed by atoms with Crippen LogP contribution in [0.15, 0.2) is 30.5 Å². The Labute approximate surface area is 121 Å². The third kappa shape index (κ3) is 2.96. The average Bonchev–Trinajstić information content (AvgIpc) is 2.79. The van der Waals surface area contributed by atoms with Crippen LogP contribution in [-0.4, -0.2) is 9.55 Å². The average molecular weight is 294 g/mol. The zero-order valence-electron chi connectivity index (χ0n) is 11.8. The first-order valence-corrected chi connectivity index (χ1v) is 7.13. The number of hydrogen-bond acceptors (Lipinski definition) is 1. The first-order chi connectivity index (χ1) is 9.93. The molecule has 1 aromatic carbocycles. The predicted molar refractivity (Wildman–Crippen MR) is 74.0 cm³/mol. The second kappa shape index (κ2) is 5.20. The predicted octanol–water partition coefficient (Wildman–Crippen LogP) is 4.08. The van der Waals surface area contributed by atoms with Gasteiger partial charge in [0.05, 0.1) is 11.3 Å². The van der Waals surface area contributed by atoms with Crippen molar-refractivity contribution in [3.63, 3.8) is 0 Å². The SMILES string of the molecule is CC1CCc2nc(Cc3ccccc3C(F)(F)F)cn2C1. The van der Waals surface area contributed by atoms with Gasteiger partial charge in [-0.1, -0.05) is 25.1 Å². The van der Waals surface area contributed by atoms with Crippen LogP contribution in [0.1, 0.15) is 36.0 Å². The number of benzene rings is 1. The summed E-state index contributed by atoms with van der Waals surface area (Å²) < 4.78 is 41.1. The molecular weight excluding hydrogens is 277 g/mol. The minimum atomic E-state index is -4.32. The topological polar surface area (TPSA) is 17.8 Å². The molecular formula is C16H17F3N2. The van der Waals surface area contributed by atoms with Crippen molar-refractivity contribution in [2.45, 2.75) is 38.9 Å². The van der Waals surface area contributed by atoms with E-state index in [0.29, 0.717) is 5.92 Å². The van der Waals surface area contributed by atoms with Crippen molar-refractivity contribution in [1.82, 2.24) is 9.55 Å². The Hall–Kier alpha value is -1.78. The summed E-state index contributed by atoms with van der Waals surface area (Å²) in [4.78, 5) is 4.50. The third-order valence-corrected chi connectivity index (χ3v) is 3.97. The maximum atomic E-state index is 13.0. The number of alkyl halides is 3. The van der Waals surface area contributed by atoms with Crippen LogP contribution in [0.3, 0.4) is 0 Å². The molecule has 0 aliphatic carbocycles. The fourth-order valence-electron chi connectivity index (χ4n) is 2.90. The third-order valence-electron chi connectivity index (χ3n) is 3.97. The highest BCUT2D eigenvalue weighted by molar-refractivity contribution is 5.33. The number of fused-ring (bicyclic) bond motifs is 1. The fourth-order valence-corrected chi connectivity index (χ4v) is 2.90. The van der Waals surface area contributed by atoms with Gasteiger partial charge in [-0.15, -0.1) is 0 Å². The number of nitrogens with zero attached hydrogens (tertiary/aromatic N) is 2. The van der Waals surface area contributed by atoms with E-state index in [1.165, 1.54) is 12.1 Å². The maximum absolute atomic E-state index is 13.0. The highest BCUT2D eigenvalue weighted by atomic mass is 19.4. The summed E-state index contributed by atoms with van der Waals surface area (Å²) in [7, 11) is 0. The Bertz CT molecular complexity index is 643. The van der Waals surface area contributed by atoms with Crippen LogP contribution < -0.4 is 0 Å². The van der Waals surface area contributed by atoms with Crippen LogP contribution in [-0.2, 0) is 25.6 Å². The Kier molecular flexibility index (Phi) is 3.51. The van der Waals surface area contributed by atoms with E-state index in [9.17, 15) is 13.2 Å². The fraction of sp³-hybridized carbons (Fsp3) is 0.438. The molecule has 0 amide bonds. The van der Waals surface area contributed by atoms with E-state index in [1.54, 1.807) is 6.07 Å². The molecule has 0 saturated carbocycles. The summed E-state index contributed by atoms with van der Waals surface area (Å²) in [5, 5.41) is 0. The van der Waals surface area contributed by atoms with Gasteiger partial charge in [-0.05, 0) is 24.0 Å². The van der Waals surface area contributed by atoms with E-state index in [1.807, 2.05) is 6.20 Å². The number of hydrogen-bond donors (Lipinski definition) is 0. The minimum Gasteiger partial charge on any atom is -0.334 e. The number of imidazole rings is 1. The molecule has 1 aliphatic heterocycles. The first-order valence-electron chi connectivity index (χ1n) is 7.13. The highest BCUT2D eigenvalue weighted by Crippen LogP contribution is 2.33. The summed E-state index contributed by atoms with van der Waals surface area (Å²) in [6, 6.07) is 5.73. The highest BCUT2D eigenvalue weighted by Gasteiger charge is 2.33. The van der Waals surface area contributed by atoms with E-state index < -0.39 is 11.7 Å². The van der Waals surface area contributed by atoms with Crippen molar-refractivity contribution < 1.29 is 13.2 Å². The van der Waals surface area contributed by atoms with Crippen molar-refractivity contribution >= 4 is 0 Å². The van der Waals surface area contributed by atoms with Crippen molar-refractivity contribution in [3.8, 4) is 0 Å². The molecule has 0 bridgehead atoms. The van der Waals surface area contributed by atoms with Crippen molar-refractivity contribution in [1.29, 1.82) is 0 Å². The van der Waals surface area contributed by atoms with Crippen molar-refractivity contribution in [2.24, 2.45) is 5.92 Å². The van der Waals surface area contributed by atoms with Gasteiger partial charge in [-0.3, -0.25) is 0 Å². The molecule has 0 radical (unpaired) electrons. The molecule has 0 spiro atoms. The van der Waals surface area contributed by atoms with Crippen LogP contribution in [0.2, 0.25) is 0 Å². The monoisotopic (exact) mass is 294 g/mol. The van der Waals surface area contributed by atoms with Gasteiger partial charge in [-0.2, -0.15) is 13.2 Å². The molecule has 1 atom stereocenters. The molecule has 112 valence electrons.